The molecule has 0 radical (unpaired) electrons. The lowest BCUT2D eigenvalue weighted by Gasteiger charge is -2.14. The Bertz CT molecular complexity index is 880. The van der Waals surface area contributed by atoms with Crippen LogP contribution in [-0.4, -0.2) is 9.97 Å². The summed E-state index contributed by atoms with van der Waals surface area (Å²) in [7, 11) is 0. The SMILES string of the molecule is Cc1ccc(C(Br)c2cc3[nH]c(=O)[nH]c3cc2Br)cc1C. The number of hydrogen-bond acceptors (Lipinski definition) is 1. The molecule has 0 spiro atoms. The van der Waals surface area contributed by atoms with Gasteiger partial charge in [-0.15, -0.1) is 0 Å². The third-order valence-corrected chi connectivity index (χ3v) is 5.44. The lowest BCUT2D eigenvalue weighted by atomic mass is 10.00. The maximum atomic E-state index is 11.4. The van der Waals surface area contributed by atoms with Gasteiger partial charge in [-0.25, -0.2) is 4.79 Å². The van der Waals surface area contributed by atoms with E-state index in [2.05, 4.69) is 73.9 Å². The molecule has 0 saturated heterocycles. The molecule has 5 heteroatoms. The molecule has 0 aliphatic heterocycles. The summed E-state index contributed by atoms with van der Waals surface area (Å²) in [5.74, 6) is 0. The van der Waals surface area contributed by atoms with E-state index in [0.717, 1.165) is 21.1 Å². The molecule has 0 amide bonds. The molecule has 0 fully saturated rings. The van der Waals surface area contributed by atoms with Gasteiger partial charge in [-0.3, -0.25) is 0 Å². The zero-order valence-electron chi connectivity index (χ0n) is 11.6. The van der Waals surface area contributed by atoms with Crippen molar-refractivity contribution in [2.45, 2.75) is 18.7 Å². The first-order valence-corrected chi connectivity index (χ1v) is 8.29. The van der Waals surface area contributed by atoms with E-state index < -0.39 is 0 Å². The van der Waals surface area contributed by atoms with Gasteiger partial charge in [0.15, 0.2) is 0 Å². The summed E-state index contributed by atoms with van der Waals surface area (Å²) in [6, 6.07) is 10.4. The maximum Gasteiger partial charge on any atom is 0.323 e. The van der Waals surface area contributed by atoms with Crippen molar-refractivity contribution < 1.29 is 0 Å². The number of benzene rings is 2. The van der Waals surface area contributed by atoms with Gasteiger partial charge < -0.3 is 9.97 Å². The number of H-pyrrole nitrogens is 2. The van der Waals surface area contributed by atoms with Crippen molar-refractivity contribution >= 4 is 42.9 Å². The number of rotatable bonds is 2. The van der Waals surface area contributed by atoms with Crippen molar-refractivity contribution in [1.29, 1.82) is 0 Å². The molecule has 1 unspecified atom stereocenters. The molecule has 0 aliphatic carbocycles. The summed E-state index contributed by atoms with van der Waals surface area (Å²) in [5.41, 5.74) is 6.25. The molecule has 3 aromatic rings. The summed E-state index contributed by atoms with van der Waals surface area (Å²) in [5, 5.41) is 0. The Balaban J connectivity index is 2.11. The molecule has 2 aromatic carbocycles. The molecule has 1 aromatic heterocycles. The van der Waals surface area contributed by atoms with Crippen molar-refractivity contribution in [2.75, 3.05) is 0 Å². The Kier molecular flexibility index (Phi) is 3.80. The minimum atomic E-state index is -0.189. The Morgan fingerprint density at radius 3 is 2.33 bits per heavy atom. The molecule has 2 N–H and O–H groups in total. The van der Waals surface area contributed by atoms with Gasteiger partial charge in [0.05, 0.1) is 15.9 Å². The zero-order valence-corrected chi connectivity index (χ0v) is 14.8. The highest BCUT2D eigenvalue weighted by atomic mass is 79.9. The number of hydrogen-bond donors (Lipinski definition) is 2. The third kappa shape index (κ3) is 2.72. The van der Waals surface area contributed by atoms with Crippen LogP contribution >= 0.6 is 31.9 Å². The van der Waals surface area contributed by atoms with Crippen molar-refractivity contribution in [1.82, 2.24) is 9.97 Å². The minimum absolute atomic E-state index is 0.0639. The molecule has 0 aliphatic rings. The van der Waals surface area contributed by atoms with Crippen LogP contribution in [0.1, 0.15) is 27.1 Å². The predicted molar refractivity (Wildman–Crippen MR) is 93.3 cm³/mol. The van der Waals surface area contributed by atoms with E-state index in [9.17, 15) is 4.79 Å². The number of imidazole rings is 1. The number of nitrogens with one attached hydrogen (secondary N) is 2. The first-order valence-electron chi connectivity index (χ1n) is 6.58. The highest BCUT2D eigenvalue weighted by Crippen LogP contribution is 2.37. The largest absolute Gasteiger partial charge is 0.323 e. The van der Waals surface area contributed by atoms with E-state index in [4.69, 9.17) is 0 Å². The maximum absolute atomic E-state index is 11.4. The molecule has 3 nitrogen and oxygen atoms in total. The Labute approximate surface area is 139 Å². The van der Waals surface area contributed by atoms with Gasteiger partial charge in [-0.2, -0.15) is 0 Å². The van der Waals surface area contributed by atoms with E-state index in [1.807, 2.05) is 12.1 Å². The summed E-state index contributed by atoms with van der Waals surface area (Å²) in [4.78, 5) is 17.0. The Morgan fingerprint density at radius 1 is 1.00 bits per heavy atom. The van der Waals surface area contributed by atoms with Crippen LogP contribution in [0, 0.1) is 13.8 Å². The zero-order chi connectivity index (χ0) is 15.1. The van der Waals surface area contributed by atoms with Crippen molar-refractivity contribution in [3.8, 4) is 0 Å². The van der Waals surface area contributed by atoms with E-state index in [1.54, 1.807) is 0 Å². The van der Waals surface area contributed by atoms with Crippen LogP contribution in [0.25, 0.3) is 11.0 Å². The fraction of sp³-hybridized carbons (Fsp3) is 0.188. The van der Waals surface area contributed by atoms with Crippen LogP contribution in [0.15, 0.2) is 39.6 Å². The van der Waals surface area contributed by atoms with Gasteiger partial charge in [-0.05, 0) is 48.2 Å². The average molecular weight is 410 g/mol. The lowest BCUT2D eigenvalue weighted by molar-refractivity contribution is 1.15. The highest BCUT2D eigenvalue weighted by Gasteiger charge is 2.16. The molecule has 1 heterocycles. The fourth-order valence-electron chi connectivity index (χ4n) is 2.37. The van der Waals surface area contributed by atoms with Crippen molar-refractivity contribution in [2.24, 2.45) is 0 Å². The smallest absolute Gasteiger partial charge is 0.306 e. The molecule has 108 valence electrons. The second-order valence-corrected chi connectivity index (χ2v) is 6.97. The molecular weight excluding hydrogens is 396 g/mol. The van der Waals surface area contributed by atoms with Crippen LogP contribution in [0.4, 0.5) is 0 Å². The van der Waals surface area contributed by atoms with Gasteiger partial charge in [0.1, 0.15) is 0 Å². The normalized spacial score (nSPS) is 12.8. The highest BCUT2D eigenvalue weighted by molar-refractivity contribution is 9.11. The molecule has 21 heavy (non-hydrogen) atoms. The van der Waals surface area contributed by atoms with E-state index in [-0.39, 0.29) is 10.5 Å². The minimum Gasteiger partial charge on any atom is -0.306 e. The molecule has 0 saturated carbocycles. The molecular formula is C16H14Br2N2O. The van der Waals surface area contributed by atoms with Gasteiger partial charge in [-0.1, -0.05) is 50.1 Å². The summed E-state index contributed by atoms with van der Waals surface area (Å²) < 4.78 is 0.963. The second kappa shape index (κ2) is 5.46. The van der Waals surface area contributed by atoms with Gasteiger partial charge >= 0.3 is 5.69 Å². The standard InChI is InChI=1S/C16H14Br2N2O/c1-8-3-4-10(5-9(8)2)15(18)11-6-13-14(7-12(11)17)20-16(21)19-13/h3-7,15H,1-2H3,(H2,19,20,21). The van der Waals surface area contributed by atoms with Gasteiger partial charge in [0.25, 0.3) is 0 Å². The number of aromatic amines is 2. The van der Waals surface area contributed by atoms with Crippen molar-refractivity contribution in [3.63, 3.8) is 0 Å². The number of fused-ring (bicyclic) bond motifs is 1. The molecule has 3 rings (SSSR count). The van der Waals surface area contributed by atoms with E-state index >= 15 is 0 Å². The van der Waals surface area contributed by atoms with E-state index in [1.165, 1.54) is 16.7 Å². The monoisotopic (exact) mass is 408 g/mol. The first-order chi connectivity index (χ1) is 9.95. The number of halogens is 2. The quantitative estimate of drug-likeness (QED) is 0.591. The average Bonchev–Trinajstić information content (AvgIpc) is 2.79. The third-order valence-electron chi connectivity index (χ3n) is 3.73. The lowest BCUT2D eigenvalue weighted by Crippen LogP contribution is -1.99. The summed E-state index contributed by atoms with van der Waals surface area (Å²) >= 11 is 7.36. The number of aromatic nitrogens is 2. The predicted octanol–water partition coefficient (Wildman–Crippen LogP) is 4.72. The second-order valence-electron chi connectivity index (χ2n) is 5.20. The van der Waals surface area contributed by atoms with Crippen LogP contribution in [-0.2, 0) is 0 Å². The topological polar surface area (TPSA) is 48.6 Å². The van der Waals surface area contributed by atoms with Gasteiger partial charge in [0, 0.05) is 4.47 Å². The van der Waals surface area contributed by atoms with Crippen molar-refractivity contribution in [3.05, 3.63) is 67.5 Å². The first kappa shape index (κ1) is 14.6. The summed E-state index contributed by atoms with van der Waals surface area (Å²) in [6.45, 7) is 4.22. The number of alkyl halides is 1. The Hall–Kier alpha value is -1.33. The van der Waals surface area contributed by atoms with E-state index in [0.29, 0.717) is 0 Å². The Morgan fingerprint density at radius 2 is 1.67 bits per heavy atom. The molecule has 1 atom stereocenters. The van der Waals surface area contributed by atoms with Crippen LogP contribution < -0.4 is 5.69 Å². The number of aryl methyl sites for hydroxylation is 2. The van der Waals surface area contributed by atoms with Crippen LogP contribution in [0.3, 0.4) is 0 Å². The molecule has 0 bridgehead atoms. The van der Waals surface area contributed by atoms with Gasteiger partial charge in [0.2, 0.25) is 0 Å². The van der Waals surface area contributed by atoms with Crippen LogP contribution in [0.5, 0.6) is 0 Å². The summed E-state index contributed by atoms with van der Waals surface area (Å²) in [6.07, 6.45) is 0. The van der Waals surface area contributed by atoms with Crippen LogP contribution in [0.2, 0.25) is 0 Å². The fourth-order valence-corrected chi connectivity index (χ4v) is 3.91.